The van der Waals surface area contributed by atoms with Crippen LogP contribution in [-0.4, -0.2) is 48.4 Å². The second-order valence-corrected chi connectivity index (χ2v) is 7.55. The largest absolute Gasteiger partial charge is 0.376 e. The maximum absolute atomic E-state index is 12.7. The predicted molar refractivity (Wildman–Crippen MR) is 108 cm³/mol. The van der Waals surface area contributed by atoms with Crippen LogP contribution in [0.25, 0.3) is 0 Å². The Morgan fingerprint density at radius 1 is 1.14 bits per heavy atom. The van der Waals surface area contributed by atoms with Gasteiger partial charge in [-0.25, -0.2) is 0 Å². The van der Waals surface area contributed by atoms with Crippen molar-refractivity contribution in [3.8, 4) is 0 Å². The van der Waals surface area contributed by atoms with E-state index in [0.717, 1.165) is 19.3 Å². The Morgan fingerprint density at radius 3 is 2.69 bits per heavy atom. The third-order valence-corrected chi connectivity index (χ3v) is 5.58. The van der Waals surface area contributed by atoms with E-state index < -0.39 is 0 Å². The zero-order chi connectivity index (χ0) is 20.4. The molecule has 1 saturated heterocycles. The molecule has 2 aromatic rings. The number of benzene rings is 2. The lowest BCUT2D eigenvalue weighted by Gasteiger charge is -2.17. The number of aryl methyl sites for hydroxylation is 1. The van der Waals surface area contributed by atoms with E-state index in [1.165, 1.54) is 22.1 Å². The summed E-state index contributed by atoms with van der Waals surface area (Å²) in [6.45, 7) is 3.48. The van der Waals surface area contributed by atoms with Crippen LogP contribution < -0.4 is 5.32 Å². The average molecular weight is 392 g/mol. The molecule has 2 aliphatic heterocycles. The molecule has 0 radical (unpaired) electrons. The van der Waals surface area contributed by atoms with Gasteiger partial charge in [0, 0.05) is 18.7 Å². The van der Waals surface area contributed by atoms with E-state index in [-0.39, 0.29) is 30.4 Å². The number of rotatable bonds is 6. The number of hydrogen-bond donors (Lipinski definition) is 1. The Balaban J connectivity index is 1.41. The van der Waals surface area contributed by atoms with Gasteiger partial charge in [0.2, 0.25) is 0 Å². The highest BCUT2D eigenvalue weighted by Gasteiger charge is 2.37. The van der Waals surface area contributed by atoms with E-state index in [0.29, 0.717) is 29.8 Å². The molecule has 0 spiro atoms. The molecular weight excluding hydrogens is 368 g/mol. The Kier molecular flexibility index (Phi) is 5.45. The Labute approximate surface area is 169 Å². The van der Waals surface area contributed by atoms with E-state index in [2.05, 4.69) is 5.32 Å². The smallest absolute Gasteiger partial charge is 0.261 e. The van der Waals surface area contributed by atoms with Crippen molar-refractivity contribution >= 4 is 17.7 Å². The summed E-state index contributed by atoms with van der Waals surface area (Å²) in [6.07, 6.45) is 2.43. The number of carbonyl (C=O) groups is 3. The summed E-state index contributed by atoms with van der Waals surface area (Å²) in [5.74, 6) is -0.915. The number of hydrogen-bond acceptors (Lipinski definition) is 4. The van der Waals surface area contributed by atoms with Crippen molar-refractivity contribution in [1.82, 2.24) is 10.2 Å². The Morgan fingerprint density at radius 2 is 1.93 bits per heavy atom. The molecule has 6 nitrogen and oxygen atoms in total. The molecule has 1 unspecified atom stereocenters. The molecule has 2 aliphatic rings. The highest BCUT2D eigenvalue weighted by atomic mass is 16.5. The third kappa shape index (κ3) is 3.93. The van der Waals surface area contributed by atoms with Gasteiger partial charge in [-0.15, -0.1) is 0 Å². The first-order chi connectivity index (χ1) is 14.0. The van der Waals surface area contributed by atoms with E-state index in [9.17, 15) is 14.4 Å². The van der Waals surface area contributed by atoms with E-state index in [1.807, 2.05) is 31.2 Å². The normalized spacial score (nSPS) is 18.2. The number of fused-ring (bicyclic) bond motifs is 1. The topological polar surface area (TPSA) is 75.7 Å². The standard InChI is InChI=1S/C23H24N2O4/c1-15-5-2-3-6-16(15)10-11-24-21(26)17-8-9-19-20(13-17)23(28)25(22(19)27)14-18-7-4-12-29-18/h2-3,5-6,8-9,13,18H,4,7,10-12,14H2,1H3,(H,24,26). The van der Waals surface area contributed by atoms with Gasteiger partial charge in [0.1, 0.15) is 0 Å². The Bertz CT molecular complexity index is 963. The van der Waals surface area contributed by atoms with Gasteiger partial charge in [-0.2, -0.15) is 0 Å². The quantitative estimate of drug-likeness (QED) is 0.767. The van der Waals surface area contributed by atoms with Gasteiger partial charge in [-0.05, 0) is 55.5 Å². The fourth-order valence-electron chi connectivity index (χ4n) is 3.89. The number of nitrogens with one attached hydrogen (secondary N) is 1. The number of nitrogens with zero attached hydrogens (tertiary/aromatic N) is 1. The first-order valence-corrected chi connectivity index (χ1v) is 9.99. The maximum Gasteiger partial charge on any atom is 0.261 e. The number of imide groups is 1. The van der Waals surface area contributed by atoms with Gasteiger partial charge >= 0.3 is 0 Å². The molecule has 0 saturated carbocycles. The summed E-state index contributed by atoms with van der Waals surface area (Å²) in [5.41, 5.74) is 3.40. The van der Waals surface area contributed by atoms with Crippen molar-refractivity contribution in [3.63, 3.8) is 0 Å². The summed E-state index contributed by atoms with van der Waals surface area (Å²) in [4.78, 5) is 39.1. The first-order valence-electron chi connectivity index (χ1n) is 9.99. The van der Waals surface area contributed by atoms with Crippen molar-refractivity contribution in [2.24, 2.45) is 0 Å². The molecule has 2 aromatic carbocycles. The lowest BCUT2D eigenvalue weighted by atomic mass is 10.0. The molecular formula is C23H24N2O4. The van der Waals surface area contributed by atoms with Crippen LogP contribution in [0.1, 0.15) is 55.0 Å². The molecule has 0 aliphatic carbocycles. The highest BCUT2D eigenvalue weighted by Crippen LogP contribution is 2.26. The SMILES string of the molecule is Cc1ccccc1CCNC(=O)c1ccc2c(c1)C(=O)N(CC1CCCO1)C2=O. The lowest BCUT2D eigenvalue weighted by molar-refractivity contribution is 0.0475. The van der Waals surface area contributed by atoms with Gasteiger partial charge in [-0.1, -0.05) is 24.3 Å². The molecule has 3 amide bonds. The Hall–Kier alpha value is -2.99. The molecule has 2 heterocycles. The molecule has 1 atom stereocenters. The second-order valence-electron chi connectivity index (χ2n) is 7.55. The minimum absolute atomic E-state index is 0.0959. The molecule has 6 heteroatoms. The van der Waals surface area contributed by atoms with Crippen molar-refractivity contribution in [1.29, 1.82) is 0 Å². The molecule has 1 N–H and O–H groups in total. The zero-order valence-electron chi connectivity index (χ0n) is 16.4. The zero-order valence-corrected chi connectivity index (χ0v) is 16.4. The molecule has 4 rings (SSSR count). The van der Waals surface area contributed by atoms with Gasteiger partial charge in [0.25, 0.3) is 17.7 Å². The van der Waals surface area contributed by atoms with Crippen LogP contribution in [0.2, 0.25) is 0 Å². The fraction of sp³-hybridized carbons (Fsp3) is 0.348. The lowest BCUT2D eigenvalue weighted by Crippen LogP contribution is -2.36. The third-order valence-electron chi connectivity index (χ3n) is 5.58. The molecule has 0 bridgehead atoms. The van der Waals surface area contributed by atoms with Crippen molar-refractivity contribution < 1.29 is 19.1 Å². The van der Waals surface area contributed by atoms with Crippen LogP contribution in [0.3, 0.4) is 0 Å². The minimum atomic E-state index is -0.352. The van der Waals surface area contributed by atoms with Gasteiger partial charge in [0.05, 0.1) is 23.8 Å². The summed E-state index contributed by atoms with van der Waals surface area (Å²) in [6, 6.07) is 12.8. The minimum Gasteiger partial charge on any atom is -0.376 e. The van der Waals surface area contributed by atoms with E-state index >= 15 is 0 Å². The maximum atomic E-state index is 12.7. The number of carbonyl (C=O) groups excluding carboxylic acids is 3. The molecule has 29 heavy (non-hydrogen) atoms. The van der Waals surface area contributed by atoms with E-state index in [1.54, 1.807) is 12.1 Å². The summed E-state index contributed by atoms with van der Waals surface area (Å²) >= 11 is 0. The van der Waals surface area contributed by atoms with Crippen molar-refractivity contribution in [2.45, 2.75) is 32.3 Å². The summed E-state index contributed by atoms with van der Waals surface area (Å²) in [5, 5.41) is 2.89. The molecule has 1 fully saturated rings. The summed E-state index contributed by atoms with van der Waals surface area (Å²) < 4.78 is 5.55. The van der Waals surface area contributed by atoms with Crippen LogP contribution in [0.15, 0.2) is 42.5 Å². The highest BCUT2D eigenvalue weighted by molar-refractivity contribution is 6.22. The monoisotopic (exact) mass is 392 g/mol. The number of ether oxygens (including phenoxy) is 1. The first kappa shape index (κ1) is 19.3. The van der Waals surface area contributed by atoms with Crippen LogP contribution in [-0.2, 0) is 11.2 Å². The van der Waals surface area contributed by atoms with Gasteiger partial charge in [0.15, 0.2) is 0 Å². The van der Waals surface area contributed by atoms with Crippen LogP contribution in [0.4, 0.5) is 0 Å². The van der Waals surface area contributed by atoms with Gasteiger partial charge < -0.3 is 10.1 Å². The van der Waals surface area contributed by atoms with Crippen LogP contribution in [0, 0.1) is 6.92 Å². The molecule has 150 valence electrons. The average Bonchev–Trinajstić information content (AvgIpc) is 3.32. The predicted octanol–water partition coefficient (Wildman–Crippen LogP) is 2.74. The number of amides is 3. The van der Waals surface area contributed by atoms with Crippen LogP contribution >= 0.6 is 0 Å². The van der Waals surface area contributed by atoms with Crippen molar-refractivity contribution in [2.75, 3.05) is 19.7 Å². The second kappa shape index (κ2) is 8.17. The van der Waals surface area contributed by atoms with Gasteiger partial charge in [-0.3, -0.25) is 19.3 Å². The van der Waals surface area contributed by atoms with Crippen LogP contribution in [0.5, 0.6) is 0 Å². The summed E-state index contributed by atoms with van der Waals surface area (Å²) in [7, 11) is 0. The van der Waals surface area contributed by atoms with Crippen molar-refractivity contribution in [3.05, 3.63) is 70.3 Å². The van der Waals surface area contributed by atoms with E-state index in [4.69, 9.17) is 4.74 Å². The fourth-order valence-corrected chi connectivity index (χ4v) is 3.89. The molecule has 0 aromatic heterocycles.